The Bertz CT molecular complexity index is 1090. The van der Waals surface area contributed by atoms with Gasteiger partial charge in [0.15, 0.2) is 23.1 Å². The predicted octanol–water partition coefficient (Wildman–Crippen LogP) is 4.49. The molecule has 0 saturated carbocycles. The summed E-state index contributed by atoms with van der Waals surface area (Å²) in [6.07, 6.45) is 14.5. The van der Waals surface area contributed by atoms with E-state index >= 15 is 0 Å². The number of ether oxygens (including phenoxy) is 2. The minimum absolute atomic E-state index is 0. The van der Waals surface area contributed by atoms with Crippen LogP contribution in [0, 0.1) is 0 Å². The third-order valence-electron chi connectivity index (χ3n) is 5.99. The Kier molecular flexibility index (Phi) is 23.5. The van der Waals surface area contributed by atoms with Gasteiger partial charge in [-0.3, -0.25) is 0 Å². The second-order valence-corrected chi connectivity index (χ2v) is 12.7. The van der Waals surface area contributed by atoms with Gasteiger partial charge in [0.1, 0.15) is 9.84 Å². The Morgan fingerprint density at radius 1 is 0.833 bits per heavy atom. The monoisotopic (exact) mass is 668 g/mol. The van der Waals surface area contributed by atoms with Gasteiger partial charge in [-0.25, -0.2) is 18.4 Å². The molecule has 16 heteroatoms. The number of aromatic nitrogens is 4. The molecule has 2 heterocycles. The number of hydrogen-bond donors (Lipinski definition) is 4. The van der Waals surface area contributed by atoms with Crippen LogP contribution in [0.1, 0.15) is 65.2 Å². The first-order chi connectivity index (χ1) is 19.1. The van der Waals surface area contributed by atoms with E-state index in [0.717, 1.165) is 37.9 Å². The molecule has 0 bridgehead atoms. The summed E-state index contributed by atoms with van der Waals surface area (Å²) in [5.41, 5.74) is 11.2. The number of rotatable bonds is 18. The van der Waals surface area contributed by atoms with Crippen LogP contribution in [0.5, 0.6) is 11.5 Å². The number of nitrogens with one attached hydrogen (secondary N) is 2. The van der Waals surface area contributed by atoms with E-state index in [1.54, 1.807) is 13.3 Å². The number of nitrogen functional groups attached to an aromatic ring is 2. The molecule has 0 aliphatic carbocycles. The van der Waals surface area contributed by atoms with Gasteiger partial charge in [-0.05, 0) is 37.7 Å². The molecule has 0 saturated heterocycles. The summed E-state index contributed by atoms with van der Waals surface area (Å²) in [5, 5.41) is 6.67. The fraction of sp³-hybridized carbons (Fsp3) is 0.692. The topological polar surface area (TPSA) is 180 Å². The number of anilines is 4. The number of hydrogen-bond acceptors (Lipinski definition) is 13. The van der Waals surface area contributed by atoms with Crippen molar-refractivity contribution in [1.82, 2.24) is 19.9 Å². The van der Waals surface area contributed by atoms with Crippen molar-refractivity contribution in [3.63, 3.8) is 0 Å². The summed E-state index contributed by atoms with van der Waals surface area (Å²) in [5.74, 6) is 4.00. The van der Waals surface area contributed by atoms with E-state index in [2.05, 4.69) is 50.7 Å². The molecule has 0 spiro atoms. The van der Waals surface area contributed by atoms with E-state index in [9.17, 15) is 8.42 Å². The zero-order chi connectivity index (χ0) is 30.0. The van der Waals surface area contributed by atoms with E-state index in [1.165, 1.54) is 32.4 Å². The van der Waals surface area contributed by atoms with Crippen LogP contribution in [0.2, 0.25) is 0 Å². The van der Waals surface area contributed by atoms with Gasteiger partial charge < -0.3 is 31.6 Å². The average molecular weight is 669 g/mol. The van der Waals surface area contributed by atoms with Gasteiger partial charge in [0, 0.05) is 18.3 Å². The molecular formula is C26H52N8O4S4. The largest absolute Gasteiger partial charge is 0.491 e. The summed E-state index contributed by atoms with van der Waals surface area (Å²) in [6, 6.07) is 0.401. The summed E-state index contributed by atoms with van der Waals surface area (Å²) in [4.78, 5) is 16.2. The van der Waals surface area contributed by atoms with Crippen LogP contribution >= 0.6 is 38.8 Å². The Balaban J connectivity index is 0. The lowest BCUT2D eigenvalue weighted by Gasteiger charge is -2.20. The average Bonchev–Trinajstić information content (AvgIpc) is 2.91. The van der Waals surface area contributed by atoms with E-state index in [4.69, 9.17) is 20.9 Å². The second-order valence-electron chi connectivity index (χ2n) is 9.46. The zero-order valence-corrected chi connectivity index (χ0v) is 29.4. The zero-order valence-electron chi connectivity index (χ0n) is 25.8. The highest BCUT2D eigenvalue weighted by molar-refractivity contribution is 7.98. The maximum absolute atomic E-state index is 11.3. The van der Waals surface area contributed by atoms with Crippen LogP contribution in [0.25, 0.3) is 0 Å². The van der Waals surface area contributed by atoms with Crippen molar-refractivity contribution in [1.29, 1.82) is 0 Å². The lowest BCUT2D eigenvalue weighted by atomic mass is 10.1. The molecular weight excluding hydrogens is 617 g/mol. The maximum Gasteiger partial charge on any atom is 0.222 e. The van der Waals surface area contributed by atoms with E-state index in [1.807, 2.05) is 11.8 Å². The molecule has 12 nitrogen and oxygen atoms in total. The van der Waals surface area contributed by atoms with Gasteiger partial charge in [0.2, 0.25) is 11.9 Å². The van der Waals surface area contributed by atoms with E-state index in [-0.39, 0.29) is 50.7 Å². The smallest absolute Gasteiger partial charge is 0.222 e. The number of sulfone groups is 1. The highest BCUT2D eigenvalue weighted by atomic mass is 32.2. The molecule has 2 aromatic heterocycles. The third kappa shape index (κ3) is 17.8. The Hall–Kier alpha value is -2.04. The first-order valence-electron chi connectivity index (χ1n) is 13.6. The minimum atomic E-state index is -2.99. The fourth-order valence-corrected chi connectivity index (χ4v) is 4.99. The van der Waals surface area contributed by atoms with Crippen molar-refractivity contribution in [2.45, 2.75) is 77.3 Å². The van der Waals surface area contributed by atoms with Gasteiger partial charge in [0.05, 0.1) is 32.4 Å². The van der Waals surface area contributed by atoms with Crippen LogP contribution in [-0.2, 0) is 9.84 Å². The molecule has 0 fully saturated rings. The molecule has 42 heavy (non-hydrogen) atoms. The highest BCUT2D eigenvalue weighted by Gasteiger charge is 2.16. The Labute approximate surface area is 270 Å². The molecule has 0 unspecified atom stereocenters. The standard InChI is InChI=1S/C13H24N4O3S.C13H24N4OS.2H2S/c1-4-5-6-10(7-8-21(3,18)19)16-12-11(20-2)9-15-13(14)17-12;1-4-5-6-10(7-8-19-3)16-12-11(18-2)9-15-13(14)17-12;;/h9-10H,4-8H2,1-3H3,(H3,14,15,16,17);9-10H,4-8H2,1-3H3,(H3,14,15,16,17);2*1H2/t2*10-;;/m00../s1. The molecule has 6 N–H and O–H groups in total. The molecule has 0 aromatic carbocycles. The van der Waals surface area contributed by atoms with Crippen molar-refractivity contribution in [3.05, 3.63) is 12.4 Å². The van der Waals surface area contributed by atoms with Gasteiger partial charge in [-0.15, -0.1) is 0 Å². The Morgan fingerprint density at radius 2 is 1.26 bits per heavy atom. The SMILES string of the molecule is CCCC[C@@H](CCS(C)(=O)=O)Nc1nc(N)ncc1OC.CCCC[C@@H](CCSC)Nc1nc(N)ncc1OC.S.S. The van der Waals surface area contributed by atoms with Gasteiger partial charge in [-0.2, -0.15) is 48.7 Å². The second kappa shape index (κ2) is 23.4. The van der Waals surface area contributed by atoms with Crippen LogP contribution in [0.3, 0.4) is 0 Å². The minimum Gasteiger partial charge on any atom is -0.491 e. The quantitative estimate of drug-likeness (QED) is 0.175. The molecule has 2 atom stereocenters. The normalized spacial score (nSPS) is 12.0. The molecule has 0 aliphatic rings. The first-order valence-corrected chi connectivity index (χ1v) is 17.0. The number of nitrogens with two attached hydrogens (primary N) is 2. The number of methoxy groups -OCH3 is 2. The third-order valence-corrected chi connectivity index (χ3v) is 7.61. The van der Waals surface area contributed by atoms with Gasteiger partial charge >= 0.3 is 0 Å². The highest BCUT2D eigenvalue weighted by Crippen LogP contribution is 2.25. The van der Waals surface area contributed by atoms with Crippen LogP contribution in [0.15, 0.2) is 12.4 Å². The lowest BCUT2D eigenvalue weighted by Crippen LogP contribution is -2.24. The number of thioether (sulfide) groups is 1. The van der Waals surface area contributed by atoms with E-state index in [0.29, 0.717) is 35.6 Å². The number of nitrogens with zero attached hydrogens (tertiary/aromatic N) is 4. The van der Waals surface area contributed by atoms with Crippen LogP contribution in [0.4, 0.5) is 23.5 Å². The summed E-state index contributed by atoms with van der Waals surface area (Å²) >= 11 is 1.86. The van der Waals surface area contributed by atoms with Crippen molar-refractivity contribution in [2.24, 2.45) is 0 Å². The Morgan fingerprint density at radius 3 is 1.62 bits per heavy atom. The lowest BCUT2D eigenvalue weighted by molar-refractivity contribution is 0.411. The molecule has 244 valence electrons. The number of unbranched alkanes of at least 4 members (excludes halogenated alkanes) is 2. The summed E-state index contributed by atoms with van der Waals surface area (Å²) < 4.78 is 33.1. The molecule has 0 radical (unpaired) electrons. The first kappa shape index (κ1) is 42.1. The summed E-state index contributed by atoms with van der Waals surface area (Å²) in [7, 11) is 0.150. The van der Waals surface area contributed by atoms with Crippen LogP contribution < -0.4 is 31.6 Å². The maximum atomic E-state index is 11.3. The molecule has 0 amide bonds. The predicted molar refractivity (Wildman–Crippen MR) is 188 cm³/mol. The van der Waals surface area contributed by atoms with Gasteiger partial charge in [0.25, 0.3) is 0 Å². The van der Waals surface area contributed by atoms with E-state index < -0.39 is 9.84 Å². The molecule has 0 aliphatic heterocycles. The fourth-order valence-electron chi connectivity index (χ4n) is 3.76. The van der Waals surface area contributed by atoms with Crippen molar-refractivity contribution in [2.75, 3.05) is 60.3 Å². The van der Waals surface area contributed by atoms with Crippen molar-refractivity contribution < 1.29 is 17.9 Å². The van der Waals surface area contributed by atoms with Gasteiger partial charge in [-0.1, -0.05) is 39.5 Å². The van der Waals surface area contributed by atoms with Crippen molar-refractivity contribution in [3.8, 4) is 11.5 Å². The van der Waals surface area contributed by atoms with Crippen LogP contribution in [-0.4, -0.2) is 78.7 Å². The molecule has 2 aromatic rings. The van der Waals surface area contributed by atoms with Crippen molar-refractivity contribution >= 4 is 72.1 Å². The molecule has 2 rings (SSSR count). The summed E-state index contributed by atoms with van der Waals surface area (Å²) in [6.45, 7) is 4.30.